The molecule has 2 heterocycles. The van der Waals surface area contributed by atoms with Gasteiger partial charge < -0.3 is 20.5 Å². The number of aliphatic hydroxyl groups is 1. The van der Waals surface area contributed by atoms with Gasteiger partial charge in [-0.05, 0) is 99.4 Å². The minimum Gasteiger partial charge on any atom is -0.406 e. The van der Waals surface area contributed by atoms with Crippen LogP contribution in [0.25, 0.3) is 6.08 Å². The van der Waals surface area contributed by atoms with Gasteiger partial charge in [-0.1, -0.05) is 12.1 Å². The van der Waals surface area contributed by atoms with Gasteiger partial charge >= 0.3 is 6.36 Å². The molecule has 5 rings (SSSR count). The molecule has 2 aromatic carbocycles. The second kappa shape index (κ2) is 11.9. The topological polar surface area (TPSA) is 120 Å². The third kappa shape index (κ3) is 7.22. The van der Waals surface area contributed by atoms with Crippen molar-refractivity contribution in [3.63, 3.8) is 0 Å². The van der Waals surface area contributed by atoms with E-state index in [4.69, 9.17) is 0 Å². The number of aryl methyl sites for hydroxylation is 2. The van der Waals surface area contributed by atoms with Crippen LogP contribution in [0.1, 0.15) is 60.8 Å². The average molecular weight is 621 g/mol. The number of amides is 1. The maximum absolute atomic E-state index is 13.2. The number of alkyl halides is 3. The Bertz CT molecular complexity index is 1520. The van der Waals surface area contributed by atoms with Crippen LogP contribution in [0.2, 0.25) is 0 Å². The first-order valence-electron chi connectivity index (χ1n) is 14.2. The number of nitrogens with one attached hydrogen (secondary N) is 2. The Labute approximate surface area is 248 Å². The van der Waals surface area contributed by atoms with Crippen molar-refractivity contribution in [2.75, 3.05) is 18.4 Å². The molecule has 0 aromatic heterocycles. The first-order valence-corrected chi connectivity index (χ1v) is 15.7. The van der Waals surface area contributed by atoms with E-state index in [0.29, 0.717) is 6.04 Å². The van der Waals surface area contributed by atoms with Gasteiger partial charge in [-0.15, -0.1) is 13.2 Å². The summed E-state index contributed by atoms with van der Waals surface area (Å²) in [6.45, 7) is 3.98. The minimum absolute atomic E-state index is 0.0605. The van der Waals surface area contributed by atoms with Gasteiger partial charge in [0, 0.05) is 35.8 Å². The van der Waals surface area contributed by atoms with E-state index in [2.05, 4.69) is 20.4 Å². The van der Waals surface area contributed by atoms with Crippen LogP contribution in [0.4, 0.5) is 18.9 Å². The zero-order chi connectivity index (χ0) is 31.0. The van der Waals surface area contributed by atoms with Crippen LogP contribution in [0.3, 0.4) is 0 Å². The summed E-state index contributed by atoms with van der Waals surface area (Å²) >= 11 is 0. The van der Waals surface area contributed by atoms with Gasteiger partial charge in [0.05, 0.1) is 6.10 Å². The molecular weight excluding hydrogens is 585 g/mol. The first-order chi connectivity index (χ1) is 20.2. The Kier molecular flexibility index (Phi) is 8.61. The maximum Gasteiger partial charge on any atom is 0.573 e. The fraction of sp³-hybridized carbons (Fsp3) is 0.467. The molecule has 1 spiro atoms. The van der Waals surface area contributed by atoms with Crippen LogP contribution >= 0.6 is 0 Å². The molecule has 43 heavy (non-hydrogen) atoms. The van der Waals surface area contributed by atoms with Crippen molar-refractivity contribution in [2.45, 2.75) is 76.4 Å². The molecule has 2 aromatic rings. The molecule has 0 bridgehead atoms. The molecule has 3 aliphatic rings. The van der Waals surface area contributed by atoms with E-state index in [0.717, 1.165) is 60.2 Å². The first kappa shape index (κ1) is 31.0. The number of ether oxygens (including phenoxy) is 1. The highest BCUT2D eigenvalue weighted by Crippen LogP contribution is 2.33. The molecule has 232 valence electrons. The number of carbonyl (C=O) groups excluding carboxylic acids is 1. The van der Waals surface area contributed by atoms with Crippen molar-refractivity contribution in [1.82, 2.24) is 9.62 Å². The number of carbonyl (C=O) groups is 1. The predicted molar refractivity (Wildman–Crippen MR) is 157 cm³/mol. The SMILES string of the molecule is Cc1cc(NC2CCC(O)CC2)cc(C)c1/C=C/S(=O)(=O)N1CCC2(CC1)N=C(c1cccc(OC(F)(F)F)c1)NC2=O. The van der Waals surface area contributed by atoms with Crippen molar-refractivity contribution < 1.29 is 36.2 Å². The van der Waals surface area contributed by atoms with Crippen molar-refractivity contribution in [1.29, 1.82) is 0 Å². The molecule has 1 amide bonds. The van der Waals surface area contributed by atoms with E-state index in [-0.39, 0.29) is 43.4 Å². The monoisotopic (exact) mass is 620 g/mol. The second-order valence-electron chi connectivity index (χ2n) is 11.4. The number of piperidine rings is 1. The Morgan fingerprint density at radius 3 is 2.37 bits per heavy atom. The maximum atomic E-state index is 13.2. The number of nitrogens with zero attached hydrogens (tertiary/aromatic N) is 2. The number of amidine groups is 1. The van der Waals surface area contributed by atoms with E-state index in [1.165, 1.54) is 21.8 Å². The summed E-state index contributed by atoms with van der Waals surface area (Å²) in [6.07, 6.45) is 0.122. The van der Waals surface area contributed by atoms with E-state index >= 15 is 0 Å². The van der Waals surface area contributed by atoms with Crippen LogP contribution < -0.4 is 15.4 Å². The highest BCUT2D eigenvalue weighted by atomic mass is 32.2. The summed E-state index contributed by atoms with van der Waals surface area (Å²) in [5, 5.41) is 17.1. The van der Waals surface area contributed by atoms with Crippen molar-refractivity contribution in [3.05, 3.63) is 64.1 Å². The highest BCUT2D eigenvalue weighted by Gasteiger charge is 2.47. The van der Waals surface area contributed by atoms with Crippen molar-refractivity contribution in [2.24, 2.45) is 4.99 Å². The Morgan fingerprint density at radius 1 is 1.09 bits per heavy atom. The zero-order valence-corrected chi connectivity index (χ0v) is 24.8. The molecule has 1 saturated carbocycles. The molecule has 9 nitrogen and oxygen atoms in total. The molecular formula is C30H35F3N4O5S. The number of halogens is 3. The molecule has 0 radical (unpaired) electrons. The lowest BCUT2D eigenvalue weighted by atomic mass is 9.89. The van der Waals surface area contributed by atoms with Crippen LogP contribution in [-0.4, -0.2) is 66.7 Å². The fourth-order valence-corrected chi connectivity index (χ4v) is 7.13. The minimum atomic E-state index is -4.86. The van der Waals surface area contributed by atoms with Gasteiger partial charge in [-0.25, -0.2) is 8.42 Å². The Morgan fingerprint density at radius 2 is 1.74 bits per heavy atom. The lowest BCUT2D eigenvalue weighted by Gasteiger charge is -2.34. The number of sulfonamides is 1. The molecule has 13 heteroatoms. The summed E-state index contributed by atoms with van der Waals surface area (Å²) in [6, 6.07) is 9.46. The molecule has 1 saturated heterocycles. The van der Waals surface area contributed by atoms with Gasteiger partial charge in [-0.2, -0.15) is 4.31 Å². The van der Waals surface area contributed by atoms with E-state index in [9.17, 15) is 31.5 Å². The average Bonchev–Trinajstić information content (AvgIpc) is 3.24. The largest absolute Gasteiger partial charge is 0.573 e. The van der Waals surface area contributed by atoms with Gasteiger partial charge in [0.2, 0.25) is 10.0 Å². The summed E-state index contributed by atoms with van der Waals surface area (Å²) < 4.78 is 69.6. The standard InChI is InChI=1S/C30H35F3N4O5S/c1-19-16-23(34-22-6-8-24(38)9-7-22)17-20(2)26(19)10-15-43(40,41)37-13-11-29(12-14-37)28(39)35-27(36-29)21-4-3-5-25(18-21)42-30(31,32)33/h3-5,10,15-18,22,24,34,38H,6-9,11-14H2,1-2H3,(H,35,36,39)/b15-10+. The number of anilines is 1. The molecule has 2 aliphatic heterocycles. The van der Waals surface area contributed by atoms with E-state index in [1.807, 2.05) is 26.0 Å². The summed E-state index contributed by atoms with van der Waals surface area (Å²) in [5.74, 6) is -0.725. The second-order valence-corrected chi connectivity index (χ2v) is 13.3. The number of benzene rings is 2. The summed E-state index contributed by atoms with van der Waals surface area (Å²) in [5.41, 5.74) is 2.69. The van der Waals surface area contributed by atoms with Gasteiger partial charge in [0.25, 0.3) is 5.91 Å². The Balaban J connectivity index is 1.24. The van der Waals surface area contributed by atoms with Crippen LogP contribution in [0.5, 0.6) is 5.75 Å². The lowest BCUT2D eigenvalue weighted by Crippen LogP contribution is -2.50. The third-order valence-corrected chi connectivity index (χ3v) is 9.86. The number of rotatable bonds is 7. The van der Waals surface area contributed by atoms with E-state index < -0.39 is 33.6 Å². The van der Waals surface area contributed by atoms with Crippen molar-refractivity contribution in [3.8, 4) is 5.75 Å². The number of hydrogen-bond acceptors (Lipinski definition) is 7. The third-order valence-electron chi connectivity index (χ3n) is 8.30. The van der Waals surface area contributed by atoms with E-state index in [1.54, 1.807) is 6.08 Å². The van der Waals surface area contributed by atoms with Crippen LogP contribution in [0.15, 0.2) is 46.8 Å². The zero-order valence-electron chi connectivity index (χ0n) is 23.9. The molecule has 2 fully saturated rings. The highest BCUT2D eigenvalue weighted by molar-refractivity contribution is 7.92. The molecule has 0 unspecified atom stereocenters. The molecule has 0 atom stereocenters. The molecule has 3 N–H and O–H groups in total. The van der Waals surface area contributed by atoms with Crippen LogP contribution in [-0.2, 0) is 14.8 Å². The number of aliphatic imine (C=N–C) groups is 1. The quantitative estimate of drug-likeness (QED) is 0.415. The lowest BCUT2D eigenvalue weighted by molar-refractivity contribution is -0.274. The normalized spacial score (nSPS) is 22.9. The number of aliphatic hydroxyl groups excluding tert-OH is 1. The van der Waals surface area contributed by atoms with Gasteiger partial charge in [0.1, 0.15) is 17.1 Å². The van der Waals surface area contributed by atoms with Gasteiger partial charge in [-0.3, -0.25) is 9.79 Å². The fourth-order valence-electron chi connectivity index (χ4n) is 5.96. The predicted octanol–water partition coefficient (Wildman–Crippen LogP) is 4.63. The summed E-state index contributed by atoms with van der Waals surface area (Å²) in [7, 11) is -3.80. The van der Waals surface area contributed by atoms with Crippen LogP contribution in [0, 0.1) is 13.8 Å². The number of hydrogen-bond donors (Lipinski definition) is 3. The van der Waals surface area contributed by atoms with Gasteiger partial charge in [0.15, 0.2) is 0 Å². The van der Waals surface area contributed by atoms with Crippen molar-refractivity contribution >= 4 is 33.5 Å². The summed E-state index contributed by atoms with van der Waals surface area (Å²) in [4.78, 5) is 17.4. The smallest absolute Gasteiger partial charge is 0.406 e. The molecule has 1 aliphatic carbocycles. The Hall–Kier alpha value is -3.42.